The lowest BCUT2D eigenvalue weighted by atomic mass is 9.73. The topological polar surface area (TPSA) is 92.4 Å². The molecule has 5 rings (SSSR count). The number of carbonyl (C=O) groups excluding carboxylic acids is 2. The zero-order valence-corrected chi connectivity index (χ0v) is 17.8. The van der Waals surface area contributed by atoms with Crippen LogP contribution in [-0.2, 0) is 16.8 Å². The fourth-order valence-electron chi connectivity index (χ4n) is 5.59. The minimum absolute atomic E-state index is 0.0605. The Morgan fingerprint density at radius 2 is 1.74 bits per heavy atom. The summed E-state index contributed by atoms with van der Waals surface area (Å²) in [7, 11) is 0. The Balaban J connectivity index is 1.15. The third kappa shape index (κ3) is 3.82. The molecule has 162 valence electrons. The van der Waals surface area contributed by atoms with Crippen molar-refractivity contribution in [1.82, 2.24) is 19.8 Å². The van der Waals surface area contributed by atoms with Crippen LogP contribution in [-0.4, -0.2) is 57.6 Å². The molecular formula is C24H29N5O2. The smallest absolute Gasteiger partial charge is 0.225 e. The lowest BCUT2D eigenvalue weighted by Gasteiger charge is -2.41. The molecule has 1 spiro atoms. The summed E-state index contributed by atoms with van der Waals surface area (Å²) in [5, 5.41) is 0. The quantitative estimate of drug-likeness (QED) is 0.821. The van der Waals surface area contributed by atoms with Crippen molar-refractivity contribution in [2.24, 2.45) is 5.92 Å². The van der Waals surface area contributed by atoms with Crippen LogP contribution in [0, 0.1) is 5.92 Å². The van der Waals surface area contributed by atoms with E-state index in [2.05, 4.69) is 20.9 Å². The predicted octanol–water partition coefficient (Wildman–Crippen LogP) is 2.42. The molecule has 2 aromatic rings. The Morgan fingerprint density at radius 1 is 1.06 bits per heavy atom. The van der Waals surface area contributed by atoms with E-state index in [9.17, 15) is 9.59 Å². The van der Waals surface area contributed by atoms with Crippen LogP contribution in [0.2, 0.25) is 0 Å². The number of Topliss-reactive ketones (excluding diaryl/α,β-unsaturated/α-hetero) is 1. The maximum absolute atomic E-state index is 13.2. The molecule has 3 aliphatic rings. The first kappa shape index (κ1) is 20.1. The second-order valence-corrected chi connectivity index (χ2v) is 9.25. The van der Waals surface area contributed by atoms with Crippen molar-refractivity contribution in [1.29, 1.82) is 0 Å². The molecule has 1 amide bonds. The van der Waals surface area contributed by atoms with Crippen molar-refractivity contribution in [3.63, 3.8) is 0 Å². The van der Waals surface area contributed by atoms with E-state index in [1.54, 1.807) is 12.4 Å². The SMILES string of the molecule is Nc1ncc(CN2CCC(C(=O)N3CCC4(CC3)CC(=O)c3ccccc34)CC2)cn1. The largest absolute Gasteiger partial charge is 0.368 e. The molecular weight excluding hydrogens is 390 g/mol. The van der Waals surface area contributed by atoms with Gasteiger partial charge in [0.2, 0.25) is 11.9 Å². The van der Waals surface area contributed by atoms with Gasteiger partial charge in [-0.15, -0.1) is 0 Å². The van der Waals surface area contributed by atoms with Crippen LogP contribution in [0.25, 0.3) is 0 Å². The molecule has 31 heavy (non-hydrogen) atoms. The number of amides is 1. The van der Waals surface area contributed by atoms with Gasteiger partial charge in [0.15, 0.2) is 5.78 Å². The maximum atomic E-state index is 13.2. The van der Waals surface area contributed by atoms with Crippen LogP contribution in [0.4, 0.5) is 5.95 Å². The van der Waals surface area contributed by atoms with Gasteiger partial charge in [0.1, 0.15) is 0 Å². The molecule has 2 N–H and O–H groups in total. The average Bonchev–Trinajstić information content (AvgIpc) is 3.07. The Labute approximate surface area is 182 Å². The second kappa shape index (κ2) is 8.04. The number of nitrogens with two attached hydrogens (primary N) is 1. The number of piperidine rings is 2. The van der Waals surface area contributed by atoms with Gasteiger partial charge < -0.3 is 10.6 Å². The van der Waals surface area contributed by atoms with Gasteiger partial charge in [0.25, 0.3) is 0 Å². The molecule has 0 radical (unpaired) electrons. The number of likely N-dealkylation sites (tertiary alicyclic amines) is 2. The zero-order valence-electron chi connectivity index (χ0n) is 17.8. The molecule has 3 heterocycles. The highest BCUT2D eigenvalue weighted by Crippen LogP contribution is 2.46. The van der Waals surface area contributed by atoms with Crippen molar-refractivity contribution in [3.8, 4) is 0 Å². The number of carbonyl (C=O) groups is 2. The number of rotatable bonds is 3. The summed E-state index contributed by atoms with van der Waals surface area (Å²) < 4.78 is 0. The van der Waals surface area contributed by atoms with E-state index < -0.39 is 0 Å². The minimum atomic E-state index is -0.0605. The van der Waals surface area contributed by atoms with Gasteiger partial charge in [-0.1, -0.05) is 24.3 Å². The van der Waals surface area contributed by atoms with Crippen LogP contribution < -0.4 is 5.73 Å². The summed E-state index contributed by atoms with van der Waals surface area (Å²) >= 11 is 0. The highest BCUT2D eigenvalue weighted by Gasteiger charge is 2.46. The highest BCUT2D eigenvalue weighted by atomic mass is 16.2. The van der Waals surface area contributed by atoms with Crippen LogP contribution in [0.15, 0.2) is 36.7 Å². The standard InChI is InChI=1S/C24H29N5O2/c25-23-26-14-17(15-27-23)16-28-9-5-18(6-10-28)22(31)29-11-7-24(8-12-29)13-21(30)19-3-1-2-4-20(19)24/h1-4,14-15,18H,5-13,16H2,(H2,25,26,27). The normalized spacial score (nSPS) is 21.4. The van der Waals surface area contributed by atoms with Crippen molar-refractivity contribution >= 4 is 17.6 Å². The van der Waals surface area contributed by atoms with Crippen molar-refractivity contribution in [2.45, 2.75) is 44.1 Å². The molecule has 1 aromatic carbocycles. The monoisotopic (exact) mass is 419 g/mol. The Bertz CT molecular complexity index is 974. The maximum Gasteiger partial charge on any atom is 0.225 e. The van der Waals surface area contributed by atoms with E-state index in [1.807, 2.05) is 23.1 Å². The number of fused-ring (bicyclic) bond motifs is 2. The third-order valence-corrected chi connectivity index (χ3v) is 7.40. The molecule has 2 saturated heterocycles. The fourth-order valence-corrected chi connectivity index (χ4v) is 5.59. The first-order valence-corrected chi connectivity index (χ1v) is 11.2. The number of ketones is 1. The molecule has 0 bridgehead atoms. The van der Waals surface area contributed by atoms with E-state index >= 15 is 0 Å². The number of hydrogen-bond donors (Lipinski definition) is 1. The van der Waals surface area contributed by atoms with Crippen LogP contribution in [0.1, 0.15) is 53.6 Å². The summed E-state index contributed by atoms with van der Waals surface area (Å²) in [4.78, 5) is 38.2. The van der Waals surface area contributed by atoms with E-state index in [4.69, 9.17) is 5.73 Å². The third-order valence-electron chi connectivity index (χ3n) is 7.40. The van der Waals surface area contributed by atoms with Crippen LogP contribution in [0.3, 0.4) is 0 Å². The number of anilines is 1. The Hall–Kier alpha value is -2.80. The molecule has 0 saturated carbocycles. The van der Waals surface area contributed by atoms with Gasteiger partial charge in [-0.3, -0.25) is 14.5 Å². The molecule has 2 fully saturated rings. The number of nitrogens with zero attached hydrogens (tertiary/aromatic N) is 4. The predicted molar refractivity (Wildman–Crippen MR) is 117 cm³/mol. The number of hydrogen-bond acceptors (Lipinski definition) is 6. The van der Waals surface area contributed by atoms with Crippen molar-refractivity contribution < 1.29 is 9.59 Å². The number of benzene rings is 1. The number of aromatic nitrogens is 2. The summed E-state index contributed by atoms with van der Waals surface area (Å²) in [6.07, 6.45) is 7.69. The second-order valence-electron chi connectivity index (χ2n) is 9.25. The molecule has 0 atom stereocenters. The highest BCUT2D eigenvalue weighted by molar-refractivity contribution is 6.02. The molecule has 1 aromatic heterocycles. The van der Waals surface area contributed by atoms with E-state index in [-0.39, 0.29) is 17.1 Å². The van der Waals surface area contributed by atoms with E-state index in [0.29, 0.717) is 18.3 Å². The first-order chi connectivity index (χ1) is 15.0. The summed E-state index contributed by atoms with van der Waals surface area (Å²) in [5.41, 5.74) is 8.63. The van der Waals surface area contributed by atoms with Gasteiger partial charge in [0, 0.05) is 60.9 Å². The van der Waals surface area contributed by atoms with Crippen LogP contribution in [0.5, 0.6) is 0 Å². The zero-order chi connectivity index (χ0) is 21.4. The molecule has 7 nitrogen and oxygen atoms in total. The Morgan fingerprint density at radius 3 is 2.45 bits per heavy atom. The lowest BCUT2D eigenvalue weighted by Crippen LogP contribution is -2.48. The number of nitrogen functional groups attached to an aromatic ring is 1. The van der Waals surface area contributed by atoms with Crippen molar-refractivity contribution in [2.75, 3.05) is 31.9 Å². The van der Waals surface area contributed by atoms with Gasteiger partial charge >= 0.3 is 0 Å². The van der Waals surface area contributed by atoms with Gasteiger partial charge in [-0.25, -0.2) is 9.97 Å². The lowest BCUT2D eigenvalue weighted by molar-refractivity contribution is -0.138. The molecule has 0 unspecified atom stereocenters. The van der Waals surface area contributed by atoms with E-state index in [1.165, 1.54) is 5.56 Å². The van der Waals surface area contributed by atoms with Crippen molar-refractivity contribution in [3.05, 3.63) is 53.3 Å². The summed E-state index contributed by atoms with van der Waals surface area (Å²) in [6.45, 7) is 4.11. The molecule has 7 heteroatoms. The fraction of sp³-hybridized carbons (Fsp3) is 0.500. The minimum Gasteiger partial charge on any atom is -0.368 e. The van der Waals surface area contributed by atoms with Crippen LogP contribution >= 0.6 is 0 Å². The molecule has 1 aliphatic carbocycles. The first-order valence-electron chi connectivity index (χ1n) is 11.2. The van der Waals surface area contributed by atoms with Gasteiger partial charge in [-0.05, 0) is 44.3 Å². The summed E-state index contributed by atoms with van der Waals surface area (Å²) in [5.74, 6) is 0.949. The Kier molecular flexibility index (Phi) is 5.22. The van der Waals surface area contributed by atoms with Gasteiger partial charge in [-0.2, -0.15) is 0 Å². The summed E-state index contributed by atoms with van der Waals surface area (Å²) in [6, 6.07) is 8.04. The van der Waals surface area contributed by atoms with Gasteiger partial charge in [0.05, 0.1) is 0 Å². The molecule has 2 aliphatic heterocycles. The van der Waals surface area contributed by atoms with E-state index in [0.717, 1.165) is 69.5 Å². The average molecular weight is 420 g/mol.